The molecule has 7 fully saturated rings. The van der Waals surface area contributed by atoms with Crippen LogP contribution in [0.2, 0.25) is 0 Å². The van der Waals surface area contributed by atoms with Gasteiger partial charge in [0.05, 0.1) is 31.0 Å². The van der Waals surface area contributed by atoms with Crippen LogP contribution in [0.25, 0.3) is 0 Å². The summed E-state index contributed by atoms with van der Waals surface area (Å²) < 4.78 is 42.6. The lowest BCUT2D eigenvalue weighted by atomic mass is 9.47. The number of ether oxygens (including phenoxy) is 7. The summed E-state index contributed by atoms with van der Waals surface area (Å²) >= 11 is 0. The fourth-order valence-electron chi connectivity index (χ4n) is 13.1. The molecule has 4 saturated heterocycles. The molecule has 0 aromatic rings. The van der Waals surface area contributed by atoms with E-state index in [0.29, 0.717) is 25.2 Å². The molecule has 26 atom stereocenters. The molecule has 17 nitrogen and oxygen atoms in total. The van der Waals surface area contributed by atoms with E-state index in [9.17, 15) is 50.8 Å². The molecule has 0 spiro atoms. The van der Waals surface area contributed by atoms with Crippen LogP contribution in [0.3, 0.4) is 0 Å². The number of carbonyl (C=O) groups is 1. The maximum absolute atomic E-state index is 14.4. The van der Waals surface area contributed by atoms with Crippen molar-refractivity contribution in [2.24, 2.45) is 46.3 Å². The van der Waals surface area contributed by atoms with Crippen molar-refractivity contribution in [3.63, 3.8) is 0 Å². The second-order valence-corrected chi connectivity index (χ2v) is 20.7. The van der Waals surface area contributed by atoms with E-state index < -0.39 is 111 Å². The minimum atomic E-state index is -1.68. The molecule has 4 heterocycles. The molecule has 0 radical (unpaired) electrons. The van der Waals surface area contributed by atoms with Gasteiger partial charge in [-0.15, -0.1) is 0 Å². The van der Waals surface area contributed by atoms with Crippen molar-refractivity contribution in [1.29, 1.82) is 0 Å². The molecule has 0 amide bonds. The lowest BCUT2D eigenvalue weighted by Crippen LogP contribution is -2.64. The van der Waals surface area contributed by atoms with E-state index in [1.165, 1.54) is 12.5 Å². The summed E-state index contributed by atoms with van der Waals surface area (Å²) in [4.78, 5) is 14.4. The predicted molar refractivity (Wildman–Crippen MR) is 215 cm³/mol. The Kier molecular flexibility index (Phi) is 13.8. The molecule has 9 N–H and O–H groups in total. The molecule has 4 aliphatic heterocycles. The van der Waals surface area contributed by atoms with Crippen molar-refractivity contribution in [3.8, 4) is 0 Å². The number of aliphatic hydroxyl groups excluding tert-OH is 9. The Morgan fingerprint density at radius 1 is 0.629 bits per heavy atom. The second kappa shape index (κ2) is 18.1. The van der Waals surface area contributed by atoms with Crippen LogP contribution in [0.15, 0.2) is 11.6 Å². The molecule has 8 aliphatic rings. The number of allylic oxidation sites excluding steroid dienone is 2. The van der Waals surface area contributed by atoms with Gasteiger partial charge in [-0.05, 0) is 112 Å². The largest absolute Gasteiger partial charge is 0.394 e. The summed E-state index contributed by atoms with van der Waals surface area (Å²) in [6, 6.07) is 0. The van der Waals surface area contributed by atoms with E-state index >= 15 is 0 Å². The minimum absolute atomic E-state index is 0.0327. The predicted octanol–water partition coefficient (Wildman–Crippen LogP) is 0.403. The summed E-state index contributed by atoms with van der Waals surface area (Å²) in [6.45, 7) is 11.4. The van der Waals surface area contributed by atoms with Crippen molar-refractivity contribution in [3.05, 3.63) is 11.6 Å². The number of fused-ring (bicyclic) bond motifs is 5. The van der Waals surface area contributed by atoms with E-state index in [0.717, 1.165) is 38.5 Å². The molecule has 0 aromatic heterocycles. The van der Waals surface area contributed by atoms with E-state index in [4.69, 9.17) is 33.2 Å². The number of rotatable bonds is 9. The van der Waals surface area contributed by atoms with Gasteiger partial charge in [-0.25, -0.2) is 0 Å². The van der Waals surface area contributed by atoms with Gasteiger partial charge in [0.1, 0.15) is 61.0 Å². The average Bonchev–Trinajstić information content (AvgIpc) is 3.60. The van der Waals surface area contributed by atoms with Crippen LogP contribution in [0, 0.1) is 46.3 Å². The number of hydrogen-bond acceptors (Lipinski definition) is 17. The highest BCUT2D eigenvalue weighted by molar-refractivity contribution is 5.94. The molecule has 8 rings (SSSR count). The first-order valence-corrected chi connectivity index (χ1v) is 23.2. The average molecular weight is 885 g/mol. The smallest absolute Gasteiger partial charge is 0.189 e. The number of aliphatic hydroxyl groups is 9. The van der Waals surface area contributed by atoms with Gasteiger partial charge in [0.15, 0.2) is 30.9 Å². The number of hydrogen-bond donors (Lipinski definition) is 9. The summed E-state index contributed by atoms with van der Waals surface area (Å²) in [5.41, 5.74) is 0.899. The summed E-state index contributed by atoms with van der Waals surface area (Å²) in [6.07, 6.45) is -12.1. The summed E-state index contributed by atoms with van der Waals surface area (Å²) in [7, 11) is 0. The van der Waals surface area contributed by atoms with Gasteiger partial charge < -0.3 is 79.1 Å². The van der Waals surface area contributed by atoms with E-state index in [-0.39, 0.29) is 52.3 Å². The van der Waals surface area contributed by atoms with Crippen LogP contribution in [0.4, 0.5) is 0 Å². The highest BCUT2D eigenvalue weighted by atomic mass is 16.8. The molecule has 3 saturated carbocycles. The zero-order chi connectivity index (χ0) is 44.7. The summed E-state index contributed by atoms with van der Waals surface area (Å²) in [5.74, 6) is 0.751. The van der Waals surface area contributed by atoms with Gasteiger partial charge in [-0.1, -0.05) is 33.3 Å². The molecular weight excluding hydrogens is 812 g/mol. The van der Waals surface area contributed by atoms with Gasteiger partial charge in [0.25, 0.3) is 0 Å². The van der Waals surface area contributed by atoms with Gasteiger partial charge in [-0.3, -0.25) is 4.79 Å². The number of ketones is 1. The fourth-order valence-corrected chi connectivity index (χ4v) is 13.1. The zero-order valence-corrected chi connectivity index (χ0v) is 36.8. The first-order chi connectivity index (χ1) is 29.3. The molecule has 0 bridgehead atoms. The van der Waals surface area contributed by atoms with Gasteiger partial charge >= 0.3 is 0 Å². The SMILES string of the molecule is C[C@@H]([C@H]1CC[C@@H]2C3=CC(=O)[C@@H]4C[C@H](O[C@@H]5O[C@H](CO)[C@@H](O)[C@H](O)[C@H]5O[C@@H]5O[C@@H](C)[C@H](O)[C@@H](O)[C@H]5O)CC[C@]4(C)[C@@H]3CC[C@@]21C)[C@H]1CC[C@H](C)[C@@H](O[C@@H]2O[C@@H](C)[C@H](O)[C@@H](O)[C@H]2O)O1. The lowest BCUT2D eigenvalue weighted by Gasteiger charge is -2.57. The minimum Gasteiger partial charge on any atom is -0.394 e. The highest BCUT2D eigenvalue weighted by Crippen LogP contribution is 2.67. The maximum atomic E-state index is 14.4. The Labute approximate surface area is 363 Å². The van der Waals surface area contributed by atoms with Crippen LogP contribution < -0.4 is 0 Å². The number of carbonyl (C=O) groups excluding carboxylic acids is 1. The van der Waals surface area contributed by atoms with E-state index in [2.05, 4.69) is 20.8 Å². The van der Waals surface area contributed by atoms with Crippen molar-refractivity contribution in [2.75, 3.05) is 6.61 Å². The van der Waals surface area contributed by atoms with Gasteiger partial charge in [0, 0.05) is 11.8 Å². The third kappa shape index (κ3) is 8.19. The lowest BCUT2D eigenvalue weighted by molar-refractivity contribution is -0.370. The Morgan fingerprint density at radius 3 is 1.89 bits per heavy atom. The van der Waals surface area contributed by atoms with Gasteiger partial charge in [-0.2, -0.15) is 0 Å². The monoisotopic (exact) mass is 884 g/mol. The third-order valence-electron chi connectivity index (χ3n) is 17.2. The van der Waals surface area contributed by atoms with Crippen LogP contribution in [0.1, 0.15) is 99.3 Å². The van der Waals surface area contributed by atoms with Crippen molar-refractivity contribution >= 4 is 5.78 Å². The van der Waals surface area contributed by atoms with E-state index in [1.54, 1.807) is 6.92 Å². The van der Waals surface area contributed by atoms with Crippen LogP contribution in [-0.2, 0) is 38.0 Å². The van der Waals surface area contributed by atoms with Crippen LogP contribution in [0.5, 0.6) is 0 Å². The third-order valence-corrected chi connectivity index (χ3v) is 17.2. The molecule has 62 heavy (non-hydrogen) atoms. The fraction of sp³-hybridized carbons (Fsp3) is 0.933. The topological polar surface area (TPSA) is 264 Å². The Bertz CT molecular complexity index is 1620. The molecule has 0 aromatic carbocycles. The van der Waals surface area contributed by atoms with E-state index in [1.807, 2.05) is 13.0 Å². The van der Waals surface area contributed by atoms with Crippen molar-refractivity contribution < 1.29 is 83.9 Å². The summed E-state index contributed by atoms with van der Waals surface area (Å²) in [5, 5.41) is 94.4. The zero-order valence-electron chi connectivity index (χ0n) is 36.8. The van der Waals surface area contributed by atoms with Gasteiger partial charge in [0.2, 0.25) is 0 Å². The molecule has 4 aliphatic carbocycles. The normalized spacial score (nSPS) is 55.1. The van der Waals surface area contributed by atoms with Crippen LogP contribution >= 0.6 is 0 Å². The van der Waals surface area contributed by atoms with Crippen molar-refractivity contribution in [1.82, 2.24) is 0 Å². The Balaban J connectivity index is 0.936. The van der Waals surface area contributed by atoms with Crippen LogP contribution in [-0.4, -0.2) is 169 Å². The molecule has 0 unspecified atom stereocenters. The first-order valence-electron chi connectivity index (χ1n) is 23.2. The van der Waals surface area contributed by atoms with Crippen molar-refractivity contribution in [2.45, 2.75) is 210 Å². The second-order valence-electron chi connectivity index (χ2n) is 20.7. The molecule has 354 valence electrons. The Morgan fingerprint density at radius 2 is 1.24 bits per heavy atom. The Hall–Kier alpha value is -1.23. The quantitative estimate of drug-likeness (QED) is 0.152. The maximum Gasteiger partial charge on any atom is 0.189 e. The first kappa shape index (κ1) is 47.3. The highest BCUT2D eigenvalue weighted by Gasteiger charge is 2.61. The standard InChI is InChI=1S/C45H72O17/c1-18-7-10-29(59-40(18)62-42-38(55)35(52)32(49)21(4)57-42)19(2)24-8-9-25-23-16-28(47)27-15-22(11-13-45(27,6)26(23)12-14-44(24,25)5)58-43-39(36(53)33(50)30(17-46)60-43)61-41-37(54)34(51)31(48)20(3)56-41/h16,18-22,24-27,29-43,46,48-55H,7-15,17H2,1-6H3/t18-,19-,20-,21-,22+,24+,25+,26+,27-,29+,30+,31-,32-,33+,34+,35+,36-,37+,38+,39+,40+,41-,42-,43+,44+,45+/m0/s1. The molecular formula is C45H72O17. The molecule has 17 heteroatoms.